The summed E-state index contributed by atoms with van der Waals surface area (Å²) in [6, 6.07) is 2.08. The van der Waals surface area contributed by atoms with Crippen molar-refractivity contribution in [2.45, 2.75) is 38.4 Å². The highest BCUT2D eigenvalue weighted by Crippen LogP contribution is 2.51. The number of ether oxygens (including phenoxy) is 1. The molecule has 4 atom stereocenters. The van der Waals surface area contributed by atoms with E-state index >= 15 is 0 Å². The number of morpholine rings is 1. The van der Waals surface area contributed by atoms with Crippen LogP contribution in [-0.2, 0) is 14.3 Å². The van der Waals surface area contributed by atoms with Crippen molar-refractivity contribution in [3.63, 3.8) is 0 Å². The molecule has 1 aliphatic carbocycles. The number of aliphatic carboxylic acids is 1. The van der Waals surface area contributed by atoms with Crippen molar-refractivity contribution in [2.75, 3.05) is 13.1 Å². The van der Waals surface area contributed by atoms with Crippen LogP contribution in [0.4, 0.5) is 0 Å². The van der Waals surface area contributed by atoms with Crippen molar-refractivity contribution < 1.29 is 19.4 Å². The Hall–Kier alpha value is -1.40. The maximum atomic E-state index is 12.6. The predicted molar refractivity (Wildman–Crippen MR) is 78.5 cm³/mol. The number of carboxylic acid groups (broad SMARTS) is 1. The molecule has 5 nitrogen and oxygen atoms in total. The Morgan fingerprint density at radius 1 is 1.43 bits per heavy atom. The first-order valence-corrected chi connectivity index (χ1v) is 8.06. The Morgan fingerprint density at radius 3 is 2.81 bits per heavy atom. The quantitative estimate of drug-likeness (QED) is 0.925. The van der Waals surface area contributed by atoms with Gasteiger partial charge in [0.05, 0.1) is 12.6 Å². The van der Waals surface area contributed by atoms with E-state index in [1.807, 2.05) is 6.92 Å². The molecule has 0 aromatic carbocycles. The van der Waals surface area contributed by atoms with Gasteiger partial charge in [-0.25, -0.2) is 4.79 Å². The average molecular weight is 309 g/mol. The summed E-state index contributed by atoms with van der Waals surface area (Å²) in [5.41, 5.74) is 1.25. The summed E-state index contributed by atoms with van der Waals surface area (Å²) in [5, 5.41) is 11.1. The second-order valence-corrected chi connectivity index (χ2v) is 6.88. The number of hydrogen-bond donors (Lipinski definition) is 1. The summed E-state index contributed by atoms with van der Waals surface area (Å²) in [6.07, 6.45) is -0.258. The predicted octanol–water partition coefficient (Wildman–Crippen LogP) is 1.86. The summed E-state index contributed by atoms with van der Waals surface area (Å²) < 4.78 is 5.36. The lowest BCUT2D eigenvalue weighted by Gasteiger charge is -2.35. The third-order valence-electron chi connectivity index (χ3n) is 4.19. The van der Waals surface area contributed by atoms with Gasteiger partial charge in [-0.15, -0.1) is 11.3 Å². The molecule has 1 saturated carbocycles. The molecule has 3 unspecified atom stereocenters. The highest BCUT2D eigenvalue weighted by molar-refractivity contribution is 7.10. The molecule has 1 aromatic heterocycles. The van der Waals surface area contributed by atoms with Crippen LogP contribution >= 0.6 is 11.3 Å². The minimum Gasteiger partial charge on any atom is -0.479 e. The molecule has 0 bridgehead atoms. The van der Waals surface area contributed by atoms with E-state index < -0.39 is 12.1 Å². The number of rotatable bonds is 3. The highest BCUT2D eigenvalue weighted by atomic mass is 32.1. The third-order valence-corrected chi connectivity index (χ3v) is 5.34. The summed E-state index contributed by atoms with van der Waals surface area (Å²) in [5.74, 6) is -0.587. The van der Waals surface area contributed by atoms with Crippen LogP contribution in [0.1, 0.15) is 29.7 Å². The van der Waals surface area contributed by atoms with Gasteiger partial charge in [0, 0.05) is 23.3 Å². The molecule has 21 heavy (non-hydrogen) atoms. The number of amides is 1. The van der Waals surface area contributed by atoms with Crippen molar-refractivity contribution in [3.05, 3.63) is 21.9 Å². The number of nitrogens with zero attached hydrogens (tertiary/aromatic N) is 1. The van der Waals surface area contributed by atoms with Gasteiger partial charge < -0.3 is 14.7 Å². The third kappa shape index (κ3) is 2.82. The van der Waals surface area contributed by atoms with Crippen LogP contribution in [0, 0.1) is 12.8 Å². The molecular formula is C15H19NO4S. The van der Waals surface area contributed by atoms with Gasteiger partial charge in [-0.3, -0.25) is 4.79 Å². The van der Waals surface area contributed by atoms with Crippen LogP contribution in [0.3, 0.4) is 0 Å². The maximum absolute atomic E-state index is 12.6. The van der Waals surface area contributed by atoms with Crippen LogP contribution in [0.25, 0.3) is 0 Å². The van der Waals surface area contributed by atoms with Gasteiger partial charge in [0.2, 0.25) is 5.91 Å². The Kier molecular flexibility index (Phi) is 3.75. The van der Waals surface area contributed by atoms with Crippen molar-refractivity contribution in [2.24, 2.45) is 5.92 Å². The standard InChI is InChI=1S/C15H19NO4S/c1-8-3-4-21-13(8)10-5-11(10)14(17)16-6-9(2)20-12(7-16)15(18)19/h3-4,9-12H,5-7H2,1-2H3,(H,18,19)/t9-,10?,11?,12?/m1/s1. The van der Waals surface area contributed by atoms with Crippen molar-refractivity contribution >= 4 is 23.2 Å². The first-order chi connectivity index (χ1) is 9.97. The number of carboxylic acids is 1. The molecule has 1 aliphatic heterocycles. The topological polar surface area (TPSA) is 66.8 Å². The zero-order chi connectivity index (χ0) is 15.1. The van der Waals surface area contributed by atoms with Crippen molar-refractivity contribution in [1.82, 2.24) is 4.90 Å². The summed E-state index contributed by atoms with van der Waals surface area (Å²) in [7, 11) is 0. The minimum absolute atomic E-state index is 0.0158. The Balaban J connectivity index is 1.66. The molecule has 1 saturated heterocycles. The molecule has 2 fully saturated rings. The summed E-state index contributed by atoms with van der Waals surface area (Å²) in [4.78, 5) is 26.6. The largest absolute Gasteiger partial charge is 0.479 e. The normalized spacial score (nSPS) is 32.0. The molecule has 2 aliphatic rings. The Morgan fingerprint density at radius 2 is 2.19 bits per heavy atom. The summed E-state index contributed by atoms with van der Waals surface area (Å²) in [6.45, 7) is 4.52. The fraction of sp³-hybridized carbons (Fsp3) is 0.600. The first kappa shape index (κ1) is 14.5. The molecule has 0 spiro atoms. The second-order valence-electron chi connectivity index (χ2n) is 5.93. The highest BCUT2D eigenvalue weighted by Gasteiger charge is 2.48. The lowest BCUT2D eigenvalue weighted by Crippen LogP contribution is -2.52. The first-order valence-electron chi connectivity index (χ1n) is 7.18. The van der Waals surface area contributed by atoms with Crippen LogP contribution < -0.4 is 0 Å². The lowest BCUT2D eigenvalue weighted by molar-refractivity contribution is -0.167. The molecular weight excluding hydrogens is 290 g/mol. The van der Waals surface area contributed by atoms with E-state index in [0.717, 1.165) is 6.42 Å². The average Bonchev–Trinajstić information content (AvgIpc) is 3.11. The van der Waals surface area contributed by atoms with Gasteiger partial charge in [0.1, 0.15) is 0 Å². The molecule has 1 aromatic rings. The molecule has 0 radical (unpaired) electrons. The minimum atomic E-state index is -0.999. The van der Waals surface area contributed by atoms with E-state index in [-0.39, 0.29) is 24.5 Å². The zero-order valence-electron chi connectivity index (χ0n) is 12.1. The van der Waals surface area contributed by atoms with Crippen molar-refractivity contribution in [1.29, 1.82) is 0 Å². The van der Waals surface area contributed by atoms with Crippen LogP contribution in [0.15, 0.2) is 11.4 Å². The van der Waals surface area contributed by atoms with E-state index in [1.54, 1.807) is 16.2 Å². The molecule has 6 heteroatoms. The molecule has 114 valence electrons. The molecule has 1 N–H and O–H groups in total. The van der Waals surface area contributed by atoms with Crippen LogP contribution in [0.2, 0.25) is 0 Å². The fourth-order valence-corrected chi connectivity index (χ4v) is 4.13. The van der Waals surface area contributed by atoms with E-state index in [4.69, 9.17) is 9.84 Å². The van der Waals surface area contributed by atoms with E-state index in [2.05, 4.69) is 18.4 Å². The van der Waals surface area contributed by atoms with E-state index in [1.165, 1.54) is 10.4 Å². The van der Waals surface area contributed by atoms with Gasteiger partial charge in [-0.05, 0) is 37.3 Å². The van der Waals surface area contributed by atoms with Gasteiger partial charge in [-0.2, -0.15) is 0 Å². The monoisotopic (exact) mass is 309 g/mol. The zero-order valence-corrected chi connectivity index (χ0v) is 12.9. The van der Waals surface area contributed by atoms with Gasteiger partial charge >= 0.3 is 5.97 Å². The van der Waals surface area contributed by atoms with E-state index in [9.17, 15) is 9.59 Å². The van der Waals surface area contributed by atoms with Gasteiger partial charge in [0.25, 0.3) is 0 Å². The van der Waals surface area contributed by atoms with Gasteiger partial charge in [-0.1, -0.05) is 0 Å². The fourth-order valence-electron chi connectivity index (χ4n) is 3.02. The van der Waals surface area contributed by atoms with Gasteiger partial charge in [0.15, 0.2) is 6.10 Å². The number of aryl methyl sites for hydroxylation is 1. The molecule has 2 heterocycles. The molecule has 3 rings (SSSR count). The van der Waals surface area contributed by atoms with Crippen LogP contribution in [-0.4, -0.2) is 47.2 Å². The Labute approximate surface area is 127 Å². The van der Waals surface area contributed by atoms with Crippen molar-refractivity contribution in [3.8, 4) is 0 Å². The smallest absolute Gasteiger partial charge is 0.334 e. The Bertz CT molecular complexity index is 570. The number of thiophene rings is 1. The maximum Gasteiger partial charge on any atom is 0.334 e. The number of carbonyl (C=O) groups excluding carboxylic acids is 1. The number of hydrogen-bond acceptors (Lipinski definition) is 4. The molecule has 1 amide bonds. The SMILES string of the molecule is Cc1ccsc1C1CC1C(=O)N1CC(C(=O)O)O[C@H](C)C1. The van der Waals surface area contributed by atoms with Crippen LogP contribution in [0.5, 0.6) is 0 Å². The summed E-state index contributed by atoms with van der Waals surface area (Å²) >= 11 is 1.70. The second kappa shape index (κ2) is 5.42. The lowest BCUT2D eigenvalue weighted by atomic mass is 10.1. The number of carbonyl (C=O) groups is 2. The van der Waals surface area contributed by atoms with E-state index in [0.29, 0.717) is 12.5 Å².